The minimum Gasteiger partial charge on any atom is -0.390 e. The van der Waals surface area contributed by atoms with Gasteiger partial charge in [0.15, 0.2) is 0 Å². The van der Waals surface area contributed by atoms with E-state index in [0.717, 1.165) is 12.8 Å². The van der Waals surface area contributed by atoms with Gasteiger partial charge in [-0.05, 0) is 87.4 Å². The van der Waals surface area contributed by atoms with Gasteiger partial charge in [0.05, 0.1) is 23.3 Å². The number of anilines is 2. The van der Waals surface area contributed by atoms with Crippen LogP contribution in [0.5, 0.6) is 0 Å². The first-order valence-electron chi connectivity index (χ1n) is 12.5. The van der Waals surface area contributed by atoms with Gasteiger partial charge < -0.3 is 20.8 Å². The van der Waals surface area contributed by atoms with E-state index >= 15 is 0 Å². The van der Waals surface area contributed by atoms with Gasteiger partial charge in [0.1, 0.15) is 0 Å². The molecule has 2 aliphatic rings. The van der Waals surface area contributed by atoms with Gasteiger partial charge in [-0.2, -0.15) is 0 Å². The molecule has 2 aromatic carbocycles. The predicted octanol–water partition coefficient (Wildman–Crippen LogP) is 6.14. The maximum atomic E-state index is 10.3. The number of hydrogen-bond acceptors (Lipinski definition) is 4. The van der Waals surface area contributed by atoms with Gasteiger partial charge in [0, 0.05) is 23.2 Å². The summed E-state index contributed by atoms with van der Waals surface area (Å²) >= 11 is 0. The fourth-order valence-electron chi connectivity index (χ4n) is 5.40. The molecule has 0 aliphatic carbocycles. The molecule has 2 aliphatic heterocycles. The third kappa shape index (κ3) is 4.93. The van der Waals surface area contributed by atoms with Gasteiger partial charge in [-0.1, -0.05) is 45.9 Å². The molecular formula is C29H44N2O2. The standard InChI is InChI=1S/C15H23NO.C14H21NO/c1-6-11-8-13-12(7-9(11)2)10(3)14(17)15(4,5)16-13;1-5-10-6-7-11-9(2)13(16)14(3,4)15-12(11)8-10/h7-8,10,14,16-17H,6H2,1-5H3;6-9,13,15-16H,5H2,1-4H3. The van der Waals surface area contributed by atoms with E-state index in [9.17, 15) is 10.2 Å². The van der Waals surface area contributed by atoms with Crippen molar-refractivity contribution < 1.29 is 10.2 Å². The molecular weight excluding hydrogens is 408 g/mol. The number of aliphatic hydroxyl groups is 2. The van der Waals surface area contributed by atoms with Crippen LogP contribution in [-0.4, -0.2) is 33.5 Å². The van der Waals surface area contributed by atoms with E-state index < -0.39 is 0 Å². The summed E-state index contributed by atoms with van der Waals surface area (Å²) in [5, 5.41) is 27.4. The maximum absolute atomic E-state index is 10.3. The van der Waals surface area contributed by atoms with Crippen molar-refractivity contribution in [1.29, 1.82) is 0 Å². The Bertz CT molecular complexity index is 995. The second-order valence-electron chi connectivity index (χ2n) is 11.2. The quantitative estimate of drug-likeness (QED) is 0.442. The maximum Gasteiger partial charge on any atom is 0.0830 e. The van der Waals surface area contributed by atoms with Crippen molar-refractivity contribution in [3.63, 3.8) is 0 Å². The molecule has 2 aromatic rings. The second kappa shape index (κ2) is 9.31. The highest BCUT2D eigenvalue weighted by Gasteiger charge is 2.39. The lowest BCUT2D eigenvalue weighted by Gasteiger charge is -2.42. The summed E-state index contributed by atoms with van der Waals surface area (Å²) in [4.78, 5) is 0. The molecule has 4 N–H and O–H groups in total. The van der Waals surface area contributed by atoms with Crippen LogP contribution in [0.25, 0.3) is 0 Å². The van der Waals surface area contributed by atoms with Crippen molar-refractivity contribution in [1.82, 2.24) is 0 Å². The fraction of sp³-hybridized carbons (Fsp3) is 0.586. The van der Waals surface area contributed by atoms with Gasteiger partial charge in [0.25, 0.3) is 0 Å². The van der Waals surface area contributed by atoms with E-state index in [-0.39, 0.29) is 35.1 Å². The Kier molecular flexibility index (Phi) is 7.21. The number of rotatable bonds is 2. The lowest BCUT2D eigenvalue weighted by molar-refractivity contribution is 0.0868. The van der Waals surface area contributed by atoms with Crippen molar-refractivity contribution in [3.8, 4) is 0 Å². The fourth-order valence-corrected chi connectivity index (χ4v) is 5.40. The number of aliphatic hydroxyl groups excluding tert-OH is 2. The molecule has 0 aromatic heterocycles. The number of benzene rings is 2. The Morgan fingerprint density at radius 1 is 0.758 bits per heavy atom. The molecule has 0 saturated heterocycles. The molecule has 0 fully saturated rings. The number of nitrogens with one attached hydrogen (secondary N) is 2. The Morgan fingerprint density at radius 2 is 1.27 bits per heavy atom. The van der Waals surface area contributed by atoms with Crippen LogP contribution >= 0.6 is 0 Å². The smallest absolute Gasteiger partial charge is 0.0830 e. The summed E-state index contributed by atoms with van der Waals surface area (Å²) in [6.07, 6.45) is 1.42. The zero-order chi connectivity index (χ0) is 24.7. The van der Waals surface area contributed by atoms with E-state index in [2.05, 4.69) is 103 Å². The molecule has 0 bridgehead atoms. The van der Waals surface area contributed by atoms with Crippen LogP contribution in [0.3, 0.4) is 0 Å². The van der Waals surface area contributed by atoms with Gasteiger partial charge >= 0.3 is 0 Å². The van der Waals surface area contributed by atoms with E-state index in [4.69, 9.17) is 0 Å². The van der Waals surface area contributed by atoms with Crippen LogP contribution in [-0.2, 0) is 12.8 Å². The van der Waals surface area contributed by atoms with Gasteiger partial charge in [-0.3, -0.25) is 0 Å². The SMILES string of the molecule is CCc1cc2c(cc1C)C(C)C(O)C(C)(C)N2.CCc1ccc2c(c1)NC(C)(C)C(O)C2C. The summed E-state index contributed by atoms with van der Waals surface area (Å²) in [5.74, 6) is 0.378. The Balaban J connectivity index is 0.000000186. The number of hydrogen-bond donors (Lipinski definition) is 4. The van der Waals surface area contributed by atoms with E-state index in [1.165, 1.54) is 39.2 Å². The van der Waals surface area contributed by atoms with Crippen LogP contribution in [0.4, 0.5) is 11.4 Å². The molecule has 2 heterocycles. The first kappa shape index (κ1) is 25.6. The Hall–Kier alpha value is -2.04. The minimum absolute atomic E-state index is 0.186. The molecule has 182 valence electrons. The summed E-state index contributed by atoms with van der Waals surface area (Å²) in [6, 6.07) is 11.0. The van der Waals surface area contributed by atoms with Crippen molar-refractivity contribution in [2.45, 2.75) is 110 Å². The zero-order valence-corrected chi connectivity index (χ0v) is 22.0. The highest BCUT2D eigenvalue weighted by molar-refractivity contribution is 5.61. The molecule has 33 heavy (non-hydrogen) atoms. The average Bonchev–Trinajstić information content (AvgIpc) is 2.76. The van der Waals surface area contributed by atoms with Crippen molar-refractivity contribution in [2.75, 3.05) is 10.6 Å². The molecule has 4 unspecified atom stereocenters. The van der Waals surface area contributed by atoms with E-state index in [1.54, 1.807) is 0 Å². The van der Waals surface area contributed by atoms with E-state index in [0.29, 0.717) is 0 Å². The van der Waals surface area contributed by atoms with E-state index in [1.807, 2.05) is 0 Å². The van der Waals surface area contributed by atoms with Crippen LogP contribution in [0.2, 0.25) is 0 Å². The summed E-state index contributed by atoms with van der Waals surface area (Å²) < 4.78 is 0. The number of aryl methyl sites for hydroxylation is 3. The molecule has 4 rings (SSSR count). The van der Waals surface area contributed by atoms with Crippen LogP contribution in [0, 0.1) is 6.92 Å². The molecule has 0 amide bonds. The predicted molar refractivity (Wildman–Crippen MR) is 141 cm³/mol. The second-order valence-corrected chi connectivity index (χ2v) is 11.2. The summed E-state index contributed by atoms with van der Waals surface area (Å²) in [6.45, 7) is 18.9. The average molecular weight is 453 g/mol. The molecule has 0 saturated carbocycles. The first-order chi connectivity index (χ1) is 15.3. The Morgan fingerprint density at radius 3 is 1.79 bits per heavy atom. The minimum atomic E-state index is -0.345. The lowest BCUT2D eigenvalue weighted by Crippen LogP contribution is -2.49. The monoisotopic (exact) mass is 452 g/mol. The Labute approximate surface area is 200 Å². The molecule has 0 radical (unpaired) electrons. The topological polar surface area (TPSA) is 64.5 Å². The highest BCUT2D eigenvalue weighted by Crippen LogP contribution is 2.41. The first-order valence-corrected chi connectivity index (χ1v) is 12.5. The third-order valence-corrected chi connectivity index (χ3v) is 7.74. The van der Waals surface area contributed by atoms with Crippen molar-refractivity contribution in [2.24, 2.45) is 0 Å². The van der Waals surface area contributed by atoms with Crippen LogP contribution in [0.15, 0.2) is 30.3 Å². The van der Waals surface area contributed by atoms with Gasteiger partial charge in [-0.25, -0.2) is 0 Å². The normalized spacial score (nSPS) is 26.6. The van der Waals surface area contributed by atoms with Crippen LogP contribution < -0.4 is 10.6 Å². The molecule has 0 spiro atoms. The van der Waals surface area contributed by atoms with Gasteiger partial charge in [0.2, 0.25) is 0 Å². The van der Waals surface area contributed by atoms with Crippen molar-refractivity contribution in [3.05, 3.63) is 58.1 Å². The third-order valence-electron chi connectivity index (χ3n) is 7.74. The summed E-state index contributed by atoms with van der Waals surface area (Å²) in [7, 11) is 0. The highest BCUT2D eigenvalue weighted by atomic mass is 16.3. The largest absolute Gasteiger partial charge is 0.390 e. The molecule has 4 atom stereocenters. The summed E-state index contributed by atoms with van der Waals surface area (Å²) in [5.41, 5.74) is 8.38. The number of fused-ring (bicyclic) bond motifs is 2. The van der Waals surface area contributed by atoms with Crippen molar-refractivity contribution >= 4 is 11.4 Å². The molecule has 4 nitrogen and oxygen atoms in total. The zero-order valence-electron chi connectivity index (χ0n) is 22.0. The molecule has 4 heteroatoms. The van der Waals surface area contributed by atoms with Crippen LogP contribution in [0.1, 0.15) is 95.0 Å². The van der Waals surface area contributed by atoms with Gasteiger partial charge in [-0.15, -0.1) is 0 Å². The lowest BCUT2D eigenvalue weighted by atomic mass is 9.78.